The molecule has 1 heterocycles. The molecular formula is C15H23NO2. The Hall–Kier alpha value is -1.06. The van der Waals surface area contributed by atoms with Crippen LogP contribution in [0.5, 0.6) is 5.75 Å². The largest absolute Gasteiger partial charge is 0.496 e. The minimum atomic E-state index is 0.0948. The van der Waals surface area contributed by atoms with Gasteiger partial charge in [-0.05, 0) is 24.5 Å². The van der Waals surface area contributed by atoms with Crippen molar-refractivity contribution in [1.82, 2.24) is 5.32 Å². The van der Waals surface area contributed by atoms with Gasteiger partial charge in [-0.3, -0.25) is 0 Å². The summed E-state index contributed by atoms with van der Waals surface area (Å²) in [5, 5.41) is 3.44. The first-order valence-corrected chi connectivity index (χ1v) is 6.64. The SMILES string of the molecule is COc1cc(C(C)C)ccc1C1CNC(C)CO1. The lowest BCUT2D eigenvalue weighted by atomic mass is 9.98. The molecule has 100 valence electrons. The van der Waals surface area contributed by atoms with Gasteiger partial charge >= 0.3 is 0 Å². The third-order valence-electron chi connectivity index (χ3n) is 3.47. The van der Waals surface area contributed by atoms with E-state index in [0.717, 1.165) is 24.5 Å². The molecule has 1 aliphatic rings. The van der Waals surface area contributed by atoms with Crippen LogP contribution >= 0.6 is 0 Å². The molecule has 0 bridgehead atoms. The summed E-state index contributed by atoms with van der Waals surface area (Å²) in [6.45, 7) is 8.11. The van der Waals surface area contributed by atoms with E-state index in [1.807, 2.05) is 0 Å². The smallest absolute Gasteiger partial charge is 0.125 e. The molecule has 0 saturated carbocycles. The topological polar surface area (TPSA) is 30.5 Å². The zero-order valence-electron chi connectivity index (χ0n) is 11.7. The van der Waals surface area contributed by atoms with Crippen molar-refractivity contribution < 1.29 is 9.47 Å². The number of benzene rings is 1. The van der Waals surface area contributed by atoms with Crippen LogP contribution in [0.2, 0.25) is 0 Å². The summed E-state index contributed by atoms with van der Waals surface area (Å²) in [6.07, 6.45) is 0.0948. The zero-order valence-corrected chi connectivity index (χ0v) is 11.7. The van der Waals surface area contributed by atoms with Crippen LogP contribution in [0, 0.1) is 0 Å². The molecule has 0 aliphatic carbocycles. The Morgan fingerprint density at radius 1 is 1.39 bits per heavy atom. The van der Waals surface area contributed by atoms with E-state index in [4.69, 9.17) is 9.47 Å². The predicted octanol–water partition coefficient (Wildman–Crippen LogP) is 2.87. The summed E-state index contributed by atoms with van der Waals surface area (Å²) in [6, 6.07) is 6.86. The maximum atomic E-state index is 5.88. The van der Waals surface area contributed by atoms with Crippen LogP contribution in [0.15, 0.2) is 18.2 Å². The van der Waals surface area contributed by atoms with E-state index in [9.17, 15) is 0 Å². The lowest BCUT2D eigenvalue weighted by molar-refractivity contribution is 0.00572. The maximum Gasteiger partial charge on any atom is 0.125 e. The number of hydrogen-bond donors (Lipinski definition) is 1. The van der Waals surface area contributed by atoms with Gasteiger partial charge in [0, 0.05) is 18.2 Å². The van der Waals surface area contributed by atoms with Gasteiger partial charge in [-0.2, -0.15) is 0 Å². The van der Waals surface area contributed by atoms with E-state index in [0.29, 0.717) is 12.0 Å². The highest BCUT2D eigenvalue weighted by atomic mass is 16.5. The van der Waals surface area contributed by atoms with Crippen molar-refractivity contribution in [3.8, 4) is 5.75 Å². The van der Waals surface area contributed by atoms with Gasteiger partial charge in [0.1, 0.15) is 5.75 Å². The fourth-order valence-electron chi connectivity index (χ4n) is 2.24. The van der Waals surface area contributed by atoms with E-state index in [-0.39, 0.29) is 6.10 Å². The molecule has 1 fully saturated rings. The van der Waals surface area contributed by atoms with Crippen molar-refractivity contribution in [3.05, 3.63) is 29.3 Å². The lowest BCUT2D eigenvalue weighted by Gasteiger charge is -2.29. The number of nitrogens with one attached hydrogen (secondary N) is 1. The molecular weight excluding hydrogens is 226 g/mol. The van der Waals surface area contributed by atoms with Crippen molar-refractivity contribution in [1.29, 1.82) is 0 Å². The molecule has 3 heteroatoms. The Balaban J connectivity index is 2.22. The van der Waals surface area contributed by atoms with E-state index in [1.165, 1.54) is 5.56 Å². The van der Waals surface area contributed by atoms with Crippen molar-refractivity contribution in [2.75, 3.05) is 20.3 Å². The normalized spacial score (nSPS) is 24.3. The minimum absolute atomic E-state index is 0.0948. The Labute approximate surface area is 109 Å². The Morgan fingerprint density at radius 2 is 2.17 bits per heavy atom. The van der Waals surface area contributed by atoms with Crippen LogP contribution in [0.1, 0.15) is 43.9 Å². The number of methoxy groups -OCH3 is 1. The van der Waals surface area contributed by atoms with E-state index in [1.54, 1.807) is 7.11 Å². The van der Waals surface area contributed by atoms with Crippen LogP contribution in [0.3, 0.4) is 0 Å². The van der Waals surface area contributed by atoms with Gasteiger partial charge in [0.25, 0.3) is 0 Å². The molecule has 0 amide bonds. The van der Waals surface area contributed by atoms with Gasteiger partial charge in [0.15, 0.2) is 0 Å². The molecule has 1 N–H and O–H groups in total. The van der Waals surface area contributed by atoms with E-state index >= 15 is 0 Å². The fourth-order valence-corrected chi connectivity index (χ4v) is 2.24. The molecule has 2 unspecified atom stereocenters. The Bertz CT molecular complexity index is 395. The quantitative estimate of drug-likeness (QED) is 0.893. The first kappa shape index (κ1) is 13.4. The van der Waals surface area contributed by atoms with Crippen molar-refractivity contribution in [3.63, 3.8) is 0 Å². The number of hydrogen-bond acceptors (Lipinski definition) is 3. The zero-order chi connectivity index (χ0) is 13.1. The number of ether oxygens (including phenoxy) is 2. The molecule has 1 aromatic rings. The standard InChI is InChI=1S/C15H23NO2/c1-10(2)12-5-6-13(14(7-12)17-4)15-8-16-11(3)9-18-15/h5-7,10-11,15-16H,8-9H2,1-4H3. The summed E-state index contributed by atoms with van der Waals surface area (Å²) < 4.78 is 11.4. The third kappa shape index (κ3) is 2.85. The van der Waals surface area contributed by atoms with E-state index < -0.39 is 0 Å². The molecule has 0 radical (unpaired) electrons. The van der Waals surface area contributed by atoms with Gasteiger partial charge in [-0.15, -0.1) is 0 Å². The second-order valence-corrected chi connectivity index (χ2v) is 5.29. The average molecular weight is 249 g/mol. The lowest BCUT2D eigenvalue weighted by Crippen LogP contribution is -2.40. The summed E-state index contributed by atoms with van der Waals surface area (Å²) in [5.74, 6) is 1.45. The number of morpholine rings is 1. The molecule has 3 nitrogen and oxygen atoms in total. The molecule has 2 rings (SSSR count). The van der Waals surface area contributed by atoms with Gasteiger partial charge < -0.3 is 14.8 Å². The molecule has 1 saturated heterocycles. The predicted molar refractivity (Wildman–Crippen MR) is 73.2 cm³/mol. The highest BCUT2D eigenvalue weighted by molar-refractivity contribution is 5.40. The van der Waals surface area contributed by atoms with Gasteiger partial charge in [0.2, 0.25) is 0 Å². The van der Waals surface area contributed by atoms with Crippen LogP contribution in [0.25, 0.3) is 0 Å². The molecule has 2 atom stereocenters. The van der Waals surface area contributed by atoms with Gasteiger partial charge in [0.05, 0.1) is 19.8 Å². The molecule has 18 heavy (non-hydrogen) atoms. The van der Waals surface area contributed by atoms with Crippen molar-refractivity contribution in [2.45, 2.75) is 38.8 Å². The van der Waals surface area contributed by atoms with Crippen LogP contribution in [-0.2, 0) is 4.74 Å². The van der Waals surface area contributed by atoms with Crippen molar-refractivity contribution >= 4 is 0 Å². The highest BCUT2D eigenvalue weighted by Gasteiger charge is 2.22. The van der Waals surface area contributed by atoms with Crippen molar-refractivity contribution in [2.24, 2.45) is 0 Å². The first-order chi connectivity index (χ1) is 8.61. The molecule has 0 spiro atoms. The van der Waals surface area contributed by atoms with Crippen LogP contribution < -0.4 is 10.1 Å². The molecule has 1 aliphatic heterocycles. The van der Waals surface area contributed by atoms with Gasteiger partial charge in [-0.1, -0.05) is 26.0 Å². The minimum Gasteiger partial charge on any atom is -0.496 e. The Morgan fingerprint density at radius 3 is 2.72 bits per heavy atom. The monoisotopic (exact) mass is 249 g/mol. The third-order valence-corrected chi connectivity index (χ3v) is 3.47. The maximum absolute atomic E-state index is 5.88. The second-order valence-electron chi connectivity index (χ2n) is 5.29. The summed E-state index contributed by atoms with van der Waals surface area (Å²) in [5.41, 5.74) is 2.44. The Kier molecular flexibility index (Phi) is 4.25. The molecule has 0 aromatic heterocycles. The van der Waals surface area contributed by atoms with Crippen LogP contribution in [0.4, 0.5) is 0 Å². The van der Waals surface area contributed by atoms with Crippen LogP contribution in [-0.4, -0.2) is 26.3 Å². The number of rotatable bonds is 3. The second kappa shape index (κ2) is 5.72. The summed E-state index contributed by atoms with van der Waals surface area (Å²) >= 11 is 0. The average Bonchev–Trinajstić information content (AvgIpc) is 2.39. The summed E-state index contributed by atoms with van der Waals surface area (Å²) in [7, 11) is 1.72. The highest BCUT2D eigenvalue weighted by Crippen LogP contribution is 2.31. The summed E-state index contributed by atoms with van der Waals surface area (Å²) in [4.78, 5) is 0. The van der Waals surface area contributed by atoms with E-state index in [2.05, 4.69) is 44.3 Å². The molecule has 1 aromatic carbocycles. The fraction of sp³-hybridized carbons (Fsp3) is 0.600. The van der Waals surface area contributed by atoms with Gasteiger partial charge in [-0.25, -0.2) is 0 Å². The first-order valence-electron chi connectivity index (χ1n) is 6.64.